The van der Waals surface area contributed by atoms with E-state index in [1.165, 1.54) is 11.1 Å². The van der Waals surface area contributed by atoms with Crippen LogP contribution in [0.3, 0.4) is 0 Å². The Morgan fingerprint density at radius 3 is 2.35 bits per heavy atom. The zero-order chi connectivity index (χ0) is 26.1. The van der Waals surface area contributed by atoms with Crippen molar-refractivity contribution in [2.45, 2.75) is 33.4 Å². The van der Waals surface area contributed by atoms with Gasteiger partial charge in [0.25, 0.3) is 11.8 Å². The molecule has 0 aromatic heterocycles. The smallest absolute Gasteiger partial charge is 0.273 e. The SMILES string of the molecule is COc1ccc(C2NC(C)=C(C(=O)Nc3cccc(C(=O)N4CCC4)c3)N2)cc1-c1c(C)cccc1C. The van der Waals surface area contributed by atoms with Gasteiger partial charge in [-0.05, 0) is 79.8 Å². The summed E-state index contributed by atoms with van der Waals surface area (Å²) in [5.74, 6) is 0.539. The molecule has 5 rings (SSSR count). The predicted molar refractivity (Wildman–Crippen MR) is 145 cm³/mol. The number of ether oxygens (including phenoxy) is 1. The number of benzene rings is 3. The number of hydrogen-bond acceptors (Lipinski definition) is 5. The van der Waals surface area contributed by atoms with Crippen molar-refractivity contribution >= 4 is 17.5 Å². The van der Waals surface area contributed by atoms with Crippen LogP contribution in [0.2, 0.25) is 0 Å². The maximum Gasteiger partial charge on any atom is 0.273 e. The van der Waals surface area contributed by atoms with Gasteiger partial charge < -0.3 is 25.6 Å². The van der Waals surface area contributed by atoms with Crippen LogP contribution in [0.25, 0.3) is 11.1 Å². The van der Waals surface area contributed by atoms with Gasteiger partial charge in [0.05, 0.1) is 7.11 Å². The number of allylic oxidation sites excluding steroid dienone is 1. The Kier molecular flexibility index (Phi) is 6.61. The van der Waals surface area contributed by atoms with E-state index in [1.807, 2.05) is 24.0 Å². The maximum atomic E-state index is 13.2. The van der Waals surface area contributed by atoms with E-state index in [0.717, 1.165) is 47.6 Å². The number of likely N-dealkylation sites (tertiary alicyclic amines) is 1. The van der Waals surface area contributed by atoms with Crippen molar-refractivity contribution in [3.63, 3.8) is 0 Å². The Morgan fingerprint density at radius 1 is 0.946 bits per heavy atom. The van der Waals surface area contributed by atoms with E-state index in [-0.39, 0.29) is 18.0 Å². The van der Waals surface area contributed by atoms with E-state index >= 15 is 0 Å². The monoisotopic (exact) mass is 496 g/mol. The molecule has 3 aromatic carbocycles. The van der Waals surface area contributed by atoms with Crippen molar-refractivity contribution in [3.05, 3.63) is 94.3 Å². The average Bonchev–Trinajstić information content (AvgIpc) is 3.24. The summed E-state index contributed by atoms with van der Waals surface area (Å²) >= 11 is 0. The lowest BCUT2D eigenvalue weighted by atomic mass is 9.93. The van der Waals surface area contributed by atoms with Crippen molar-refractivity contribution < 1.29 is 14.3 Å². The highest BCUT2D eigenvalue weighted by atomic mass is 16.5. The van der Waals surface area contributed by atoms with Crippen LogP contribution in [-0.4, -0.2) is 36.9 Å². The van der Waals surface area contributed by atoms with Crippen molar-refractivity contribution in [2.24, 2.45) is 0 Å². The minimum atomic E-state index is -0.269. The van der Waals surface area contributed by atoms with Crippen molar-refractivity contribution in [2.75, 3.05) is 25.5 Å². The van der Waals surface area contributed by atoms with Gasteiger partial charge in [-0.1, -0.05) is 30.3 Å². The first-order chi connectivity index (χ1) is 17.9. The fourth-order valence-electron chi connectivity index (χ4n) is 4.95. The number of carbonyl (C=O) groups is 2. The highest BCUT2D eigenvalue weighted by Gasteiger charge is 2.27. The molecule has 2 heterocycles. The maximum absolute atomic E-state index is 13.2. The molecule has 1 saturated heterocycles. The van der Waals surface area contributed by atoms with E-state index in [0.29, 0.717) is 16.9 Å². The third-order valence-electron chi connectivity index (χ3n) is 7.07. The fraction of sp³-hybridized carbons (Fsp3) is 0.267. The van der Waals surface area contributed by atoms with E-state index in [4.69, 9.17) is 4.74 Å². The predicted octanol–water partition coefficient (Wildman–Crippen LogP) is 4.89. The molecular weight excluding hydrogens is 464 g/mol. The molecule has 2 aliphatic rings. The number of methoxy groups -OCH3 is 1. The molecule has 7 nitrogen and oxygen atoms in total. The molecule has 0 aliphatic carbocycles. The Hall–Kier alpha value is -4.26. The van der Waals surface area contributed by atoms with Crippen LogP contribution in [0, 0.1) is 13.8 Å². The standard InChI is InChI=1S/C30H32N4O3/c1-18-8-5-9-19(2)26(18)24-17-21(12-13-25(24)37-4)28-31-20(3)27(33-28)29(35)32-23-11-6-10-22(16-23)30(36)34-14-7-15-34/h5-6,8-13,16-17,28,31,33H,7,14-15H2,1-4H3,(H,32,35). The lowest BCUT2D eigenvalue weighted by molar-refractivity contribution is -0.113. The molecule has 7 heteroatoms. The fourth-order valence-corrected chi connectivity index (χ4v) is 4.95. The van der Waals surface area contributed by atoms with Crippen molar-refractivity contribution in [3.8, 4) is 16.9 Å². The van der Waals surface area contributed by atoms with Crippen molar-refractivity contribution in [1.29, 1.82) is 0 Å². The summed E-state index contributed by atoms with van der Waals surface area (Å²) in [4.78, 5) is 27.5. The molecule has 37 heavy (non-hydrogen) atoms. The molecule has 0 radical (unpaired) electrons. The third kappa shape index (κ3) is 4.77. The molecule has 0 spiro atoms. The Balaban J connectivity index is 1.34. The number of aryl methyl sites for hydroxylation is 2. The Bertz CT molecular complexity index is 1390. The van der Waals surface area contributed by atoms with E-state index in [1.54, 1.807) is 31.4 Å². The Labute approximate surface area is 217 Å². The number of anilines is 1. The van der Waals surface area contributed by atoms with Gasteiger partial charge in [-0.2, -0.15) is 0 Å². The summed E-state index contributed by atoms with van der Waals surface area (Å²) in [5.41, 5.74) is 7.88. The average molecular weight is 497 g/mol. The second-order valence-corrected chi connectivity index (χ2v) is 9.63. The highest BCUT2D eigenvalue weighted by molar-refractivity contribution is 6.05. The Morgan fingerprint density at radius 2 is 1.68 bits per heavy atom. The van der Waals surface area contributed by atoms with Crippen molar-refractivity contribution in [1.82, 2.24) is 15.5 Å². The van der Waals surface area contributed by atoms with Gasteiger partial charge in [-0.25, -0.2) is 0 Å². The quantitative estimate of drug-likeness (QED) is 0.453. The largest absolute Gasteiger partial charge is 0.496 e. The first-order valence-electron chi connectivity index (χ1n) is 12.5. The normalized spacial score (nSPS) is 16.5. The first-order valence-corrected chi connectivity index (χ1v) is 12.5. The minimum absolute atomic E-state index is 0.00216. The van der Waals surface area contributed by atoms with Gasteiger partial charge in [0.2, 0.25) is 0 Å². The zero-order valence-electron chi connectivity index (χ0n) is 21.6. The molecule has 1 unspecified atom stereocenters. The molecule has 3 aromatic rings. The van der Waals surface area contributed by atoms with Crippen LogP contribution in [0.1, 0.15) is 46.6 Å². The topological polar surface area (TPSA) is 82.7 Å². The van der Waals surface area contributed by atoms with E-state index in [9.17, 15) is 9.59 Å². The molecule has 1 fully saturated rings. The van der Waals surface area contributed by atoms with E-state index in [2.05, 4.69) is 54.1 Å². The minimum Gasteiger partial charge on any atom is -0.496 e. The molecular formula is C30H32N4O3. The second-order valence-electron chi connectivity index (χ2n) is 9.63. The number of nitrogens with one attached hydrogen (secondary N) is 3. The molecule has 3 N–H and O–H groups in total. The number of nitrogens with zero attached hydrogens (tertiary/aromatic N) is 1. The van der Waals surface area contributed by atoms with Crippen LogP contribution in [-0.2, 0) is 4.79 Å². The van der Waals surface area contributed by atoms with Gasteiger partial charge in [-0.15, -0.1) is 0 Å². The lowest BCUT2D eigenvalue weighted by Crippen LogP contribution is -2.42. The van der Waals surface area contributed by atoms with Gasteiger partial charge >= 0.3 is 0 Å². The summed E-state index contributed by atoms with van der Waals surface area (Å²) in [6.07, 6.45) is 0.768. The van der Waals surface area contributed by atoms with Crippen LogP contribution in [0.5, 0.6) is 5.75 Å². The molecule has 190 valence electrons. The summed E-state index contributed by atoms with van der Waals surface area (Å²) < 4.78 is 5.68. The summed E-state index contributed by atoms with van der Waals surface area (Å²) in [6.45, 7) is 7.65. The van der Waals surface area contributed by atoms with Gasteiger partial charge in [0.15, 0.2) is 0 Å². The number of hydrogen-bond donors (Lipinski definition) is 3. The van der Waals surface area contributed by atoms with Crippen LogP contribution in [0.15, 0.2) is 72.1 Å². The third-order valence-corrected chi connectivity index (χ3v) is 7.07. The zero-order valence-corrected chi connectivity index (χ0v) is 21.6. The van der Waals surface area contributed by atoms with E-state index < -0.39 is 0 Å². The molecule has 2 aliphatic heterocycles. The number of carbonyl (C=O) groups excluding carboxylic acids is 2. The summed E-state index contributed by atoms with van der Waals surface area (Å²) in [6, 6.07) is 19.4. The summed E-state index contributed by atoms with van der Waals surface area (Å²) in [5, 5.41) is 9.67. The molecule has 2 amide bonds. The first kappa shape index (κ1) is 24.4. The van der Waals surface area contributed by atoms with Crippen LogP contribution < -0.4 is 20.7 Å². The van der Waals surface area contributed by atoms with Gasteiger partial charge in [0, 0.05) is 35.6 Å². The molecule has 1 atom stereocenters. The number of rotatable bonds is 6. The second kappa shape index (κ2) is 10.0. The molecule has 0 bridgehead atoms. The summed E-state index contributed by atoms with van der Waals surface area (Å²) in [7, 11) is 1.68. The lowest BCUT2D eigenvalue weighted by Gasteiger charge is -2.31. The van der Waals surface area contributed by atoms with Gasteiger partial charge in [-0.3, -0.25) is 9.59 Å². The number of amides is 2. The molecule has 0 saturated carbocycles. The highest BCUT2D eigenvalue weighted by Crippen LogP contribution is 2.37. The van der Waals surface area contributed by atoms with Gasteiger partial charge in [0.1, 0.15) is 17.6 Å². The van der Waals surface area contributed by atoms with Crippen LogP contribution >= 0.6 is 0 Å². The van der Waals surface area contributed by atoms with Crippen LogP contribution in [0.4, 0.5) is 5.69 Å².